The number of likely N-dealkylation sites (tertiary alicyclic amines) is 1. The zero-order valence-electron chi connectivity index (χ0n) is 7.50. The summed E-state index contributed by atoms with van der Waals surface area (Å²) in [6, 6.07) is 0. The van der Waals surface area contributed by atoms with Gasteiger partial charge in [0.25, 0.3) is 0 Å². The lowest BCUT2D eigenvalue weighted by atomic mass is 10.1. The van der Waals surface area contributed by atoms with Gasteiger partial charge in [-0.15, -0.1) is 0 Å². The third kappa shape index (κ3) is 2.93. The van der Waals surface area contributed by atoms with E-state index in [1.807, 2.05) is 0 Å². The van der Waals surface area contributed by atoms with Gasteiger partial charge in [0.05, 0.1) is 0 Å². The fraction of sp³-hybridized carbons (Fsp3) is 0.778. The highest BCUT2D eigenvalue weighted by Gasteiger charge is 2.12. The fourth-order valence-electron chi connectivity index (χ4n) is 1.50. The number of rotatable bonds is 3. The molecule has 1 aliphatic rings. The van der Waals surface area contributed by atoms with Gasteiger partial charge < -0.3 is 10.8 Å². The molecule has 3 heteroatoms. The number of aliphatic hydroxyl groups is 1. The average Bonchev–Trinajstić information content (AvgIpc) is 2.06. The van der Waals surface area contributed by atoms with E-state index >= 15 is 0 Å². The third-order valence-corrected chi connectivity index (χ3v) is 2.29. The Labute approximate surface area is 73.9 Å². The molecular weight excluding hydrogens is 152 g/mol. The van der Waals surface area contributed by atoms with Crippen LogP contribution in [0.5, 0.6) is 0 Å². The van der Waals surface area contributed by atoms with Crippen molar-refractivity contribution < 1.29 is 5.11 Å². The molecule has 70 valence electrons. The standard InChI is InChI=1S/C9H18N2O/c1-8(9(10)12)7-11-5-3-2-4-6-11/h9,12H,1-7,10H2/t9-/m1/s1. The van der Waals surface area contributed by atoms with Crippen LogP contribution < -0.4 is 5.73 Å². The van der Waals surface area contributed by atoms with Crippen LogP contribution in [0.25, 0.3) is 0 Å². The van der Waals surface area contributed by atoms with Crippen molar-refractivity contribution >= 4 is 0 Å². The summed E-state index contributed by atoms with van der Waals surface area (Å²) in [5.41, 5.74) is 6.00. The second-order valence-electron chi connectivity index (χ2n) is 3.44. The van der Waals surface area contributed by atoms with Gasteiger partial charge in [-0.1, -0.05) is 13.0 Å². The Hall–Kier alpha value is -0.380. The van der Waals surface area contributed by atoms with E-state index in [-0.39, 0.29) is 0 Å². The minimum absolute atomic E-state index is 0.719. The topological polar surface area (TPSA) is 49.5 Å². The molecule has 0 saturated carbocycles. The van der Waals surface area contributed by atoms with E-state index in [1.54, 1.807) is 0 Å². The van der Waals surface area contributed by atoms with Gasteiger partial charge in [-0.25, -0.2) is 0 Å². The second-order valence-corrected chi connectivity index (χ2v) is 3.44. The van der Waals surface area contributed by atoms with Crippen molar-refractivity contribution in [3.8, 4) is 0 Å². The van der Waals surface area contributed by atoms with Crippen molar-refractivity contribution in [3.05, 3.63) is 12.2 Å². The summed E-state index contributed by atoms with van der Waals surface area (Å²) < 4.78 is 0. The first-order valence-corrected chi connectivity index (χ1v) is 4.54. The quantitative estimate of drug-likeness (QED) is 0.473. The van der Waals surface area contributed by atoms with E-state index in [2.05, 4.69) is 11.5 Å². The van der Waals surface area contributed by atoms with E-state index in [1.165, 1.54) is 19.3 Å². The Morgan fingerprint density at radius 3 is 2.50 bits per heavy atom. The lowest BCUT2D eigenvalue weighted by Crippen LogP contribution is -2.35. The molecule has 0 aliphatic carbocycles. The summed E-state index contributed by atoms with van der Waals surface area (Å²) in [4.78, 5) is 2.29. The molecule has 0 aromatic heterocycles. The second kappa shape index (κ2) is 4.60. The Balaban J connectivity index is 2.24. The molecule has 1 atom stereocenters. The first kappa shape index (κ1) is 9.71. The molecule has 0 radical (unpaired) electrons. The molecule has 0 aromatic carbocycles. The SMILES string of the molecule is C=C(CN1CCCCC1)[C@H](N)O. The minimum atomic E-state index is -0.855. The predicted molar refractivity (Wildman–Crippen MR) is 49.6 cm³/mol. The lowest BCUT2D eigenvalue weighted by Gasteiger charge is -2.27. The molecule has 1 fully saturated rings. The molecule has 0 aromatic rings. The highest BCUT2D eigenvalue weighted by Crippen LogP contribution is 2.10. The summed E-state index contributed by atoms with van der Waals surface area (Å²) >= 11 is 0. The summed E-state index contributed by atoms with van der Waals surface area (Å²) in [7, 11) is 0. The molecule has 1 aliphatic heterocycles. The van der Waals surface area contributed by atoms with Crippen LogP contribution in [-0.2, 0) is 0 Å². The van der Waals surface area contributed by atoms with E-state index in [0.29, 0.717) is 0 Å². The van der Waals surface area contributed by atoms with Gasteiger partial charge in [0.2, 0.25) is 0 Å². The smallest absolute Gasteiger partial charge is 0.125 e. The molecule has 1 rings (SSSR count). The van der Waals surface area contributed by atoms with Crippen LogP contribution in [0.1, 0.15) is 19.3 Å². The van der Waals surface area contributed by atoms with Crippen molar-refractivity contribution in [2.75, 3.05) is 19.6 Å². The molecule has 12 heavy (non-hydrogen) atoms. The number of nitrogens with zero attached hydrogens (tertiary/aromatic N) is 1. The molecule has 0 bridgehead atoms. The number of hydrogen-bond acceptors (Lipinski definition) is 3. The van der Waals surface area contributed by atoms with E-state index in [0.717, 1.165) is 25.2 Å². The highest BCUT2D eigenvalue weighted by molar-refractivity contribution is 5.02. The van der Waals surface area contributed by atoms with Gasteiger partial charge in [0.1, 0.15) is 6.23 Å². The van der Waals surface area contributed by atoms with Crippen LogP contribution in [0, 0.1) is 0 Å². The van der Waals surface area contributed by atoms with Crippen molar-refractivity contribution in [1.82, 2.24) is 4.90 Å². The number of nitrogens with two attached hydrogens (primary N) is 1. The first-order valence-electron chi connectivity index (χ1n) is 4.54. The summed E-state index contributed by atoms with van der Waals surface area (Å²) in [5.74, 6) is 0. The summed E-state index contributed by atoms with van der Waals surface area (Å²) in [6.07, 6.45) is 2.99. The predicted octanol–water partition coefficient (Wildman–Crippen LogP) is 0.306. The summed E-state index contributed by atoms with van der Waals surface area (Å²) in [6.45, 7) is 6.71. The largest absolute Gasteiger partial charge is 0.375 e. The molecular formula is C9H18N2O. The normalized spacial score (nSPS) is 22.2. The molecule has 1 saturated heterocycles. The van der Waals surface area contributed by atoms with Gasteiger partial charge in [-0.2, -0.15) is 0 Å². The van der Waals surface area contributed by atoms with E-state index in [9.17, 15) is 0 Å². The Bertz CT molecular complexity index is 151. The van der Waals surface area contributed by atoms with Crippen LogP contribution in [0.15, 0.2) is 12.2 Å². The zero-order valence-corrected chi connectivity index (χ0v) is 7.50. The van der Waals surface area contributed by atoms with E-state index in [4.69, 9.17) is 10.8 Å². The van der Waals surface area contributed by atoms with Crippen LogP contribution >= 0.6 is 0 Å². The van der Waals surface area contributed by atoms with Crippen molar-refractivity contribution in [3.63, 3.8) is 0 Å². The molecule has 1 heterocycles. The van der Waals surface area contributed by atoms with Gasteiger partial charge in [-0.05, 0) is 31.5 Å². The molecule has 0 amide bonds. The number of hydrogen-bond donors (Lipinski definition) is 2. The number of piperidine rings is 1. The van der Waals surface area contributed by atoms with Gasteiger partial charge in [-0.3, -0.25) is 4.90 Å². The zero-order chi connectivity index (χ0) is 8.97. The maximum atomic E-state index is 9.00. The van der Waals surface area contributed by atoms with Crippen molar-refractivity contribution in [2.45, 2.75) is 25.5 Å². The van der Waals surface area contributed by atoms with Gasteiger partial charge in [0, 0.05) is 6.54 Å². The maximum Gasteiger partial charge on any atom is 0.125 e. The molecule has 0 unspecified atom stereocenters. The van der Waals surface area contributed by atoms with E-state index < -0.39 is 6.23 Å². The lowest BCUT2D eigenvalue weighted by molar-refractivity contribution is 0.187. The number of aliphatic hydroxyl groups excluding tert-OH is 1. The summed E-state index contributed by atoms with van der Waals surface area (Å²) in [5, 5.41) is 9.00. The van der Waals surface area contributed by atoms with Crippen molar-refractivity contribution in [2.24, 2.45) is 5.73 Å². The van der Waals surface area contributed by atoms with Gasteiger partial charge >= 0.3 is 0 Å². The average molecular weight is 170 g/mol. The minimum Gasteiger partial charge on any atom is -0.375 e. The van der Waals surface area contributed by atoms with Crippen molar-refractivity contribution in [1.29, 1.82) is 0 Å². The Morgan fingerprint density at radius 1 is 1.42 bits per heavy atom. The molecule has 0 spiro atoms. The monoisotopic (exact) mass is 170 g/mol. The molecule has 3 nitrogen and oxygen atoms in total. The van der Waals surface area contributed by atoms with Crippen LogP contribution in [0.3, 0.4) is 0 Å². The van der Waals surface area contributed by atoms with Gasteiger partial charge in [0.15, 0.2) is 0 Å². The van der Waals surface area contributed by atoms with Crippen LogP contribution in [-0.4, -0.2) is 35.9 Å². The third-order valence-electron chi connectivity index (χ3n) is 2.29. The van der Waals surface area contributed by atoms with Crippen LogP contribution in [0.4, 0.5) is 0 Å². The van der Waals surface area contributed by atoms with Crippen LogP contribution in [0.2, 0.25) is 0 Å². The molecule has 3 N–H and O–H groups in total. The first-order chi connectivity index (χ1) is 5.70. The maximum absolute atomic E-state index is 9.00. The fourth-order valence-corrected chi connectivity index (χ4v) is 1.50. The Morgan fingerprint density at radius 2 is 2.00 bits per heavy atom. The Kier molecular flexibility index (Phi) is 3.72. The highest BCUT2D eigenvalue weighted by atomic mass is 16.3.